The fourth-order valence-electron chi connectivity index (χ4n) is 3.73. The maximum Gasteiger partial charge on any atom is 0.247 e. The first kappa shape index (κ1) is 23.6. The Bertz CT molecular complexity index is 1270. The Morgan fingerprint density at radius 1 is 1.23 bits per heavy atom. The normalized spacial score (nSPS) is 13.2. The maximum absolute atomic E-state index is 14.9. The van der Waals surface area contributed by atoms with Crippen LogP contribution in [0.25, 0.3) is 11.3 Å². The molecule has 1 aromatic heterocycles. The molecule has 2 aromatic carbocycles. The third-order valence-corrected chi connectivity index (χ3v) is 5.34. The minimum Gasteiger partial charge on any atom is -0.506 e. The van der Waals surface area contributed by atoms with Gasteiger partial charge in [0.05, 0.1) is 24.5 Å². The van der Waals surface area contributed by atoms with Gasteiger partial charge in [0.25, 0.3) is 0 Å². The van der Waals surface area contributed by atoms with E-state index < -0.39 is 5.82 Å². The van der Waals surface area contributed by atoms with E-state index in [9.17, 15) is 14.3 Å². The number of morpholine rings is 1. The van der Waals surface area contributed by atoms with Crippen LogP contribution < -0.4 is 21.3 Å². The molecule has 3 aromatic rings. The number of anilines is 5. The van der Waals surface area contributed by atoms with Crippen molar-refractivity contribution in [2.45, 2.75) is 0 Å². The second kappa shape index (κ2) is 10.2. The number of phenolic OH excluding ortho intramolecular Hbond substituents is 1. The van der Waals surface area contributed by atoms with E-state index in [4.69, 9.17) is 15.9 Å². The monoisotopic (exact) mass is 477 g/mol. The lowest BCUT2D eigenvalue weighted by molar-refractivity contribution is -0.111. The third-order valence-electron chi connectivity index (χ3n) is 5.34. The average Bonchev–Trinajstić information content (AvgIpc) is 2.84. The van der Waals surface area contributed by atoms with Gasteiger partial charge in [0.2, 0.25) is 11.9 Å². The number of nitrogens with two attached hydrogens (primary N) is 1. The number of aromatic nitrogens is 2. The number of nitrogen functional groups attached to an aromatic ring is 1. The van der Waals surface area contributed by atoms with E-state index in [0.717, 1.165) is 12.3 Å². The number of rotatable bonds is 7. The zero-order chi connectivity index (χ0) is 24.9. The molecule has 0 atom stereocenters. The Labute approximate surface area is 200 Å². The van der Waals surface area contributed by atoms with Crippen LogP contribution in [0.3, 0.4) is 0 Å². The first-order valence-corrected chi connectivity index (χ1v) is 10.7. The molecule has 0 unspecified atom stereocenters. The summed E-state index contributed by atoms with van der Waals surface area (Å²) in [6, 6.07) is 9.43. The lowest BCUT2D eigenvalue weighted by Crippen LogP contribution is -2.36. The number of benzene rings is 2. The molecule has 1 aliphatic rings. The summed E-state index contributed by atoms with van der Waals surface area (Å²) < 4.78 is 20.2. The van der Waals surface area contributed by atoms with Crippen molar-refractivity contribution in [3.63, 3.8) is 0 Å². The lowest BCUT2D eigenvalue weighted by atomic mass is 10.1. The van der Waals surface area contributed by atoms with Crippen molar-refractivity contribution in [2.75, 3.05) is 47.6 Å². The lowest BCUT2D eigenvalue weighted by Gasteiger charge is -2.29. The van der Waals surface area contributed by atoms with Crippen LogP contribution in [0.15, 0.2) is 49.1 Å². The minimum absolute atomic E-state index is 0.0302. The van der Waals surface area contributed by atoms with Crippen molar-refractivity contribution in [1.29, 1.82) is 5.41 Å². The fourth-order valence-corrected chi connectivity index (χ4v) is 3.73. The van der Waals surface area contributed by atoms with Gasteiger partial charge in [0.1, 0.15) is 17.3 Å². The van der Waals surface area contributed by atoms with Crippen LogP contribution in [-0.4, -0.2) is 53.5 Å². The van der Waals surface area contributed by atoms with Gasteiger partial charge in [0.15, 0.2) is 5.82 Å². The standard InChI is InChI=1S/C24H24FN7O3/c1-2-20(34)28-15-5-3-4-14(10-15)21-17(13-26)23(27)31-24(30-21)29-16-11-18(25)22(19(33)12-16)32-6-8-35-9-7-32/h2-5,10-13,26,33H,1,6-9H2,(H,28,34)(H3,27,29,30,31). The number of phenols is 1. The van der Waals surface area contributed by atoms with Crippen molar-refractivity contribution >= 4 is 41.0 Å². The van der Waals surface area contributed by atoms with E-state index in [1.54, 1.807) is 29.2 Å². The van der Waals surface area contributed by atoms with Gasteiger partial charge in [0, 0.05) is 42.3 Å². The van der Waals surface area contributed by atoms with E-state index in [0.29, 0.717) is 43.2 Å². The van der Waals surface area contributed by atoms with Gasteiger partial charge in [-0.1, -0.05) is 18.7 Å². The Kier molecular flexibility index (Phi) is 6.88. The van der Waals surface area contributed by atoms with Crippen molar-refractivity contribution in [1.82, 2.24) is 9.97 Å². The van der Waals surface area contributed by atoms with Gasteiger partial charge in [-0.05, 0) is 24.3 Å². The van der Waals surface area contributed by atoms with E-state index in [1.807, 2.05) is 0 Å². The molecule has 4 rings (SSSR count). The zero-order valence-electron chi connectivity index (χ0n) is 18.7. The first-order valence-electron chi connectivity index (χ1n) is 10.7. The molecular formula is C24H24FN7O3. The van der Waals surface area contributed by atoms with Crippen LogP contribution in [0, 0.1) is 11.2 Å². The molecule has 1 fully saturated rings. The number of ether oxygens (including phenoxy) is 1. The Morgan fingerprint density at radius 3 is 2.69 bits per heavy atom. The summed E-state index contributed by atoms with van der Waals surface area (Å²) in [5, 5.41) is 23.8. The SMILES string of the molecule is C=CC(=O)Nc1cccc(-c2nc(Nc3cc(O)c(N4CCOCC4)c(F)c3)nc(N)c2C=N)c1. The van der Waals surface area contributed by atoms with Crippen LogP contribution in [-0.2, 0) is 9.53 Å². The molecule has 0 aliphatic carbocycles. The second-order valence-corrected chi connectivity index (χ2v) is 7.66. The van der Waals surface area contributed by atoms with E-state index >= 15 is 0 Å². The Morgan fingerprint density at radius 2 is 2.00 bits per heavy atom. The summed E-state index contributed by atoms with van der Waals surface area (Å²) in [5.74, 6) is -1.14. The molecular weight excluding hydrogens is 453 g/mol. The maximum atomic E-state index is 14.9. The Balaban J connectivity index is 1.67. The largest absolute Gasteiger partial charge is 0.506 e. The van der Waals surface area contributed by atoms with Crippen LogP contribution in [0.2, 0.25) is 0 Å². The molecule has 0 saturated carbocycles. The highest BCUT2D eigenvalue weighted by molar-refractivity contribution is 5.99. The van der Waals surface area contributed by atoms with Crippen molar-refractivity contribution < 1.29 is 19.0 Å². The van der Waals surface area contributed by atoms with Gasteiger partial charge < -0.3 is 36.5 Å². The second-order valence-electron chi connectivity index (χ2n) is 7.66. The third kappa shape index (κ3) is 5.20. The first-order chi connectivity index (χ1) is 16.9. The van der Waals surface area contributed by atoms with Gasteiger partial charge in [-0.2, -0.15) is 4.98 Å². The van der Waals surface area contributed by atoms with Gasteiger partial charge >= 0.3 is 0 Å². The summed E-state index contributed by atoms with van der Waals surface area (Å²) in [6.07, 6.45) is 2.19. The molecule has 0 bridgehead atoms. The molecule has 11 heteroatoms. The summed E-state index contributed by atoms with van der Waals surface area (Å²) >= 11 is 0. The number of aromatic hydroxyl groups is 1. The predicted octanol–water partition coefficient (Wildman–Crippen LogP) is 3.27. The number of carbonyl (C=O) groups is 1. The molecule has 1 aliphatic heterocycles. The van der Waals surface area contributed by atoms with E-state index in [-0.39, 0.29) is 40.4 Å². The molecule has 180 valence electrons. The van der Waals surface area contributed by atoms with Crippen molar-refractivity contribution in [3.05, 3.63) is 60.4 Å². The summed E-state index contributed by atoms with van der Waals surface area (Å²) in [4.78, 5) is 22.0. The topological polar surface area (TPSA) is 149 Å². The van der Waals surface area contributed by atoms with Crippen molar-refractivity contribution in [3.8, 4) is 17.0 Å². The number of hydrogen-bond acceptors (Lipinski definition) is 9. The fraction of sp³-hybridized carbons (Fsp3) is 0.167. The Hall–Kier alpha value is -4.51. The molecule has 10 nitrogen and oxygen atoms in total. The predicted molar refractivity (Wildman–Crippen MR) is 133 cm³/mol. The summed E-state index contributed by atoms with van der Waals surface area (Å²) in [7, 11) is 0. The van der Waals surface area contributed by atoms with Crippen LogP contribution in [0.4, 0.5) is 33.2 Å². The van der Waals surface area contributed by atoms with Gasteiger partial charge in [-0.3, -0.25) is 4.79 Å². The van der Waals surface area contributed by atoms with Crippen LogP contribution in [0.1, 0.15) is 5.56 Å². The summed E-state index contributed by atoms with van der Waals surface area (Å²) in [5.41, 5.74) is 8.09. The number of amides is 1. The van der Waals surface area contributed by atoms with E-state index in [2.05, 4.69) is 27.2 Å². The number of halogens is 1. The molecule has 1 saturated heterocycles. The minimum atomic E-state index is -0.607. The number of nitrogens with zero attached hydrogens (tertiary/aromatic N) is 3. The highest BCUT2D eigenvalue weighted by Crippen LogP contribution is 2.35. The highest BCUT2D eigenvalue weighted by Gasteiger charge is 2.21. The van der Waals surface area contributed by atoms with Gasteiger partial charge in [-0.15, -0.1) is 0 Å². The number of hydrogen-bond donors (Lipinski definition) is 5. The summed E-state index contributed by atoms with van der Waals surface area (Å²) in [6.45, 7) is 5.27. The van der Waals surface area contributed by atoms with E-state index in [1.165, 1.54) is 12.1 Å². The van der Waals surface area contributed by atoms with Crippen LogP contribution >= 0.6 is 0 Å². The average molecular weight is 478 g/mol. The van der Waals surface area contributed by atoms with Crippen LogP contribution in [0.5, 0.6) is 5.75 Å². The molecule has 2 heterocycles. The highest BCUT2D eigenvalue weighted by atomic mass is 19.1. The van der Waals surface area contributed by atoms with Gasteiger partial charge in [-0.25, -0.2) is 9.37 Å². The molecule has 35 heavy (non-hydrogen) atoms. The molecule has 1 amide bonds. The molecule has 6 N–H and O–H groups in total. The smallest absolute Gasteiger partial charge is 0.247 e. The van der Waals surface area contributed by atoms with Crippen molar-refractivity contribution in [2.24, 2.45) is 0 Å². The molecule has 0 radical (unpaired) electrons. The quantitative estimate of drug-likeness (QED) is 0.257. The number of nitrogens with one attached hydrogen (secondary N) is 3. The zero-order valence-corrected chi connectivity index (χ0v) is 18.7. The molecule has 0 spiro atoms. The number of carbonyl (C=O) groups excluding carboxylic acids is 1.